The Labute approximate surface area is 117 Å². The molecule has 0 bridgehead atoms. The number of benzene rings is 2. The molecule has 0 aliphatic carbocycles. The van der Waals surface area contributed by atoms with Gasteiger partial charge in [0.25, 0.3) is 5.56 Å². The van der Waals surface area contributed by atoms with Gasteiger partial charge in [-0.05, 0) is 30.3 Å². The lowest BCUT2D eigenvalue weighted by Crippen LogP contribution is -2.08. The van der Waals surface area contributed by atoms with E-state index in [4.69, 9.17) is 4.74 Å². The molecule has 0 N–H and O–H groups in total. The molecular weight excluding hydrogens is 272 g/mol. The van der Waals surface area contributed by atoms with Crippen LogP contribution in [0.4, 0.5) is 0 Å². The van der Waals surface area contributed by atoms with Gasteiger partial charge in [-0.25, -0.2) is 0 Å². The predicted octanol–water partition coefficient (Wildman–Crippen LogP) is 3.07. The average Bonchev–Trinajstić information content (AvgIpc) is 2.84. The number of para-hydroxylation sites is 1. The zero-order valence-electron chi connectivity index (χ0n) is 10.7. The topological polar surface area (TPSA) is 43.6 Å². The molecule has 5 heteroatoms. The van der Waals surface area contributed by atoms with Crippen molar-refractivity contribution in [3.63, 3.8) is 0 Å². The van der Waals surface area contributed by atoms with E-state index in [2.05, 4.69) is 4.98 Å². The molecular formula is C15H10N2O2S. The van der Waals surface area contributed by atoms with E-state index in [0.29, 0.717) is 10.3 Å². The normalized spacial score (nSPS) is 11.4. The maximum absolute atomic E-state index is 12.1. The molecule has 0 amide bonds. The van der Waals surface area contributed by atoms with E-state index >= 15 is 0 Å². The Balaban J connectivity index is 2.28. The van der Waals surface area contributed by atoms with Crippen LogP contribution in [0.1, 0.15) is 0 Å². The Morgan fingerprint density at radius 3 is 2.85 bits per heavy atom. The number of methoxy groups -OCH3 is 1. The fraction of sp³-hybridized carbons (Fsp3) is 0.0667. The van der Waals surface area contributed by atoms with Gasteiger partial charge in [-0.3, -0.25) is 9.20 Å². The number of hydrogen-bond acceptors (Lipinski definition) is 4. The highest BCUT2D eigenvalue weighted by molar-refractivity contribution is 7.23. The summed E-state index contributed by atoms with van der Waals surface area (Å²) in [6.45, 7) is 0. The van der Waals surface area contributed by atoms with Crippen LogP contribution in [-0.2, 0) is 0 Å². The van der Waals surface area contributed by atoms with Crippen LogP contribution in [0.15, 0.2) is 47.3 Å². The summed E-state index contributed by atoms with van der Waals surface area (Å²) in [5.41, 5.74) is 1.74. The van der Waals surface area contributed by atoms with Crippen molar-refractivity contribution >= 4 is 37.4 Å². The second-order valence-corrected chi connectivity index (χ2v) is 5.50. The number of fused-ring (bicyclic) bond motifs is 5. The van der Waals surface area contributed by atoms with Crippen LogP contribution >= 0.6 is 11.3 Å². The van der Waals surface area contributed by atoms with Crippen LogP contribution in [0.3, 0.4) is 0 Å². The second-order valence-electron chi connectivity index (χ2n) is 4.49. The highest BCUT2D eigenvalue weighted by Crippen LogP contribution is 2.30. The van der Waals surface area contributed by atoms with E-state index in [1.54, 1.807) is 7.11 Å². The summed E-state index contributed by atoms with van der Waals surface area (Å²) in [4.78, 5) is 16.9. The standard InChI is InChI=1S/C15H10N2O2S/c1-19-9-6-7-12-13(8-9)20-15-16-14(18)10-4-2-3-5-11(10)17(12)15/h2-8H,1H3. The van der Waals surface area contributed by atoms with E-state index in [0.717, 1.165) is 21.5 Å². The third kappa shape index (κ3) is 1.47. The van der Waals surface area contributed by atoms with E-state index in [1.807, 2.05) is 46.9 Å². The van der Waals surface area contributed by atoms with Crippen molar-refractivity contribution in [1.82, 2.24) is 9.38 Å². The minimum absolute atomic E-state index is 0.181. The van der Waals surface area contributed by atoms with Crippen molar-refractivity contribution in [2.75, 3.05) is 7.11 Å². The zero-order valence-corrected chi connectivity index (χ0v) is 11.5. The number of thiazole rings is 1. The highest BCUT2D eigenvalue weighted by atomic mass is 32.1. The molecule has 0 fully saturated rings. The van der Waals surface area contributed by atoms with Gasteiger partial charge >= 0.3 is 0 Å². The van der Waals surface area contributed by atoms with Crippen molar-refractivity contribution in [2.24, 2.45) is 0 Å². The first-order chi connectivity index (χ1) is 9.78. The Hall–Kier alpha value is -2.40. The molecule has 0 saturated heterocycles. The number of hydrogen-bond donors (Lipinski definition) is 0. The number of aromatic nitrogens is 2. The van der Waals surface area contributed by atoms with Crippen LogP contribution in [0.25, 0.3) is 26.1 Å². The van der Waals surface area contributed by atoms with Crippen LogP contribution < -0.4 is 10.3 Å². The molecule has 0 atom stereocenters. The van der Waals surface area contributed by atoms with Crippen molar-refractivity contribution in [2.45, 2.75) is 0 Å². The lowest BCUT2D eigenvalue weighted by molar-refractivity contribution is 0.415. The van der Waals surface area contributed by atoms with Crippen LogP contribution in [-0.4, -0.2) is 16.5 Å². The van der Waals surface area contributed by atoms with Gasteiger partial charge in [-0.2, -0.15) is 4.98 Å². The van der Waals surface area contributed by atoms with Gasteiger partial charge in [-0.1, -0.05) is 23.5 Å². The summed E-state index contributed by atoms with van der Waals surface area (Å²) in [6.07, 6.45) is 0. The molecule has 2 aromatic carbocycles. The van der Waals surface area contributed by atoms with E-state index in [9.17, 15) is 4.79 Å². The molecule has 0 aliphatic heterocycles. The zero-order chi connectivity index (χ0) is 13.7. The first-order valence-corrected chi connectivity index (χ1v) is 6.97. The van der Waals surface area contributed by atoms with Crippen molar-refractivity contribution in [3.05, 3.63) is 52.8 Å². The van der Waals surface area contributed by atoms with E-state index < -0.39 is 0 Å². The fourth-order valence-electron chi connectivity index (χ4n) is 2.44. The van der Waals surface area contributed by atoms with Crippen LogP contribution in [0.5, 0.6) is 5.75 Å². The summed E-state index contributed by atoms with van der Waals surface area (Å²) < 4.78 is 8.32. The molecule has 98 valence electrons. The lowest BCUT2D eigenvalue weighted by Gasteiger charge is -2.02. The fourth-order valence-corrected chi connectivity index (χ4v) is 3.49. The third-order valence-corrected chi connectivity index (χ3v) is 4.38. The Morgan fingerprint density at radius 2 is 2.00 bits per heavy atom. The van der Waals surface area contributed by atoms with Gasteiger partial charge in [0.05, 0.1) is 28.2 Å². The summed E-state index contributed by atoms with van der Waals surface area (Å²) in [7, 11) is 1.64. The van der Waals surface area contributed by atoms with Crippen molar-refractivity contribution in [3.8, 4) is 5.75 Å². The second kappa shape index (κ2) is 4.05. The smallest absolute Gasteiger partial charge is 0.281 e. The van der Waals surface area contributed by atoms with Gasteiger partial charge in [-0.15, -0.1) is 0 Å². The number of ether oxygens (including phenoxy) is 1. The number of nitrogens with zero attached hydrogens (tertiary/aromatic N) is 2. The molecule has 2 heterocycles. The summed E-state index contributed by atoms with van der Waals surface area (Å²) in [5, 5.41) is 0.639. The maximum atomic E-state index is 12.1. The highest BCUT2D eigenvalue weighted by Gasteiger charge is 2.11. The Morgan fingerprint density at radius 1 is 1.15 bits per heavy atom. The van der Waals surface area contributed by atoms with E-state index in [1.165, 1.54) is 11.3 Å². The molecule has 4 nitrogen and oxygen atoms in total. The minimum Gasteiger partial charge on any atom is -0.497 e. The van der Waals surface area contributed by atoms with Gasteiger partial charge in [0.1, 0.15) is 5.75 Å². The average molecular weight is 282 g/mol. The van der Waals surface area contributed by atoms with Gasteiger partial charge in [0.15, 0.2) is 4.96 Å². The van der Waals surface area contributed by atoms with Crippen molar-refractivity contribution in [1.29, 1.82) is 0 Å². The summed E-state index contributed by atoms with van der Waals surface area (Å²) in [5.74, 6) is 0.802. The van der Waals surface area contributed by atoms with Crippen LogP contribution in [0.2, 0.25) is 0 Å². The SMILES string of the molecule is COc1ccc2c(c1)sc1nc(=O)c3ccccc3n12. The van der Waals surface area contributed by atoms with E-state index in [-0.39, 0.29) is 5.56 Å². The molecule has 20 heavy (non-hydrogen) atoms. The molecule has 0 radical (unpaired) electrons. The Kier molecular flexibility index (Phi) is 2.31. The van der Waals surface area contributed by atoms with Crippen molar-refractivity contribution < 1.29 is 4.74 Å². The maximum Gasteiger partial charge on any atom is 0.281 e. The van der Waals surface area contributed by atoms with Gasteiger partial charge < -0.3 is 4.74 Å². The first kappa shape index (κ1) is 11.4. The molecule has 4 rings (SSSR count). The minimum atomic E-state index is -0.181. The first-order valence-electron chi connectivity index (χ1n) is 6.16. The number of rotatable bonds is 1. The molecule has 4 aromatic rings. The van der Waals surface area contributed by atoms with Gasteiger partial charge in [0, 0.05) is 0 Å². The molecule has 0 spiro atoms. The Bertz CT molecular complexity index is 1020. The quantitative estimate of drug-likeness (QED) is 0.539. The molecule has 0 aliphatic rings. The molecule has 0 saturated carbocycles. The van der Waals surface area contributed by atoms with Crippen LogP contribution in [0, 0.1) is 0 Å². The van der Waals surface area contributed by atoms with Gasteiger partial charge in [0.2, 0.25) is 0 Å². The predicted molar refractivity (Wildman–Crippen MR) is 80.9 cm³/mol. The largest absolute Gasteiger partial charge is 0.497 e. The molecule has 2 aromatic heterocycles. The monoisotopic (exact) mass is 282 g/mol. The third-order valence-electron chi connectivity index (χ3n) is 3.37. The molecule has 0 unspecified atom stereocenters. The summed E-state index contributed by atoms with van der Waals surface area (Å²) >= 11 is 1.49. The summed E-state index contributed by atoms with van der Waals surface area (Å²) in [6, 6.07) is 13.4. The lowest BCUT2D eigenvalue weighted by atomic mass is 10.2.